The molecule has 0 saturated heterocycles. The molecular formula is C15H14ClN3O. The third-order valence-electron chi connectivity index (χ3n) is 2.74. The summed E-state index contributed by atoms with van der Waals surface area (Å²) < 4.78 is 5.72. The highest BCUT2D eigenvalue weighted by molar-refractivity contribution is 6.68. The minimum absolute atomic E-state index is 0.274. The average molecular weight is 288 g/mol. The van der Waals surface area contributed by atoms with E-state index in [0.29, 0.717) is 11.4 Å². The number of halogens is 1. The molecule has 0 atom stereocenters. The highest BCUT2D eigenvalue weighted by Gasteiger charge is 2.07. The number of rotatable bonds is 4. The molecule has 0 heterocycles. The van der Waals surface area contributed by atoms with Gasteiger partial charge in [0.05, 0.1) is 0 Å². The van der Waals surface area contributed by atoms with Crippen LogP contribution in [0.5, 0.6) is 5.75 Å². The first-order valence-corrected chi connectivity index (χ1v) is 6.29. The number of nitrogen functional groups attached to an aromatic ring is 1. The molecule has 20 heavy (non-hydrogen) atoms. The van der Waals surface area contributed by atoms with Crippen molar-refractivity contribution in [2.75, 3.05) is 12.8 Å². The molecule has 0 radical (unpaired) electrons. The minimum Gasteiger partial charge on any atom is -0.438 e. The van der Waals surface area contributed by atoms with E-state index < -0.39 is 0 Å². The van der Waals surface area contributed by atoms with Gasteiger partial charge in [-0.3, -0.25) is 4.99 Å². The topological polar surface area (TPSA) is 60.0 Å². The van der Waals surface area contributed by atoms with E-state index in [2.05, 4.69) is 16.7 Å². The molecule has 0 unspecified atom stereocenters. The fourth-order valence-electron chi connectivity index (χ4n) is 1.77. The molecule has 2 rings (SSSR count). The van der Waals surface area contributed by atoms with Gasteiger partial charge in [0.25, 0.3) is 0 Å². The normalized spacial score (nSPS) is 12.5. The van der Waals surface area contributed by atoms with E-state index in [1.54, 1.807) is 19.2 Å². The van der Waals surface area contributed by atoms with Gasteiger partial charge in [-0.05, 0) is 18.9 Å². The van der Waals surface area contributed by atoms with E-state index in [-0.39, 0.29) is 11.1 Å². The van der Waals surface area contributed by atoms with Crippen molar-refractivity contribution < 1.29 is 4.74 Å². The Hall–Kier alpha value is -2.33. The van der Waals surface area contributed by atoms with Crippen molar-refractivity contribution >= 4 is 39.9 Å². The van der Waals surface area contributed by atoms with Gasteiger partial charge in [-0.2, -0.15) is 0 Å². The molecule has 0 spiro atoms. The lowest BCUT2D eigenvalue weighted by atomic mass is 10.1. The summed E-state index contributed by atoms with van der Waals surface area (Å²) in [5.74, 6) is 0.907. The van der Waals surface area contributed by atoms with Gasteiger partial charge in [0.2, 0.25) is 5.88 Å². The van der Waals surface area contributed by atoms with E-state index in [4.69, 9.17) is 22.1 Å². The number of ether oxygens (including phenoxy) is 1. The molecular weight excluding hydrogens is 274 g/mol. The molecule has 0 aromatic heterocycles. The van der Waals surface area contributed by atoms with Crippen LogP contribution in [0.1, 0.15) is 0 Å². The Balaban J connectivity index is 2.46. The molecule has 0 aliphatic carbocycles. The van der Waals surface area contributed by atoms with Gasteiger partial charge in [-0.1, -0.05) is 35.9 Å². The highest BCUT2D eigenvalue weighted by Crippen LogP contribution is 2.31. The molecule has 0 aliphatic rings. The minimum atomic E-state index is 0.274. The van der Waals surface area contributed by atoms with Crippen molar-refractivity contribution in [3.63, 3.8) is 0 Å². The van der Waals surface area contributed by atoms with Gasteiger partial charge < -0.3 is 10.5 Å². The van der Waals surface area contributed by atoms with Crippen molar-refractivity contribution in [2.24, 2.45) is 9.98 Å². The first kappa shape index (κ1) is 14.1. The predicted octanol–water partition coefficient (Wildman–Crippen LogP) is 3.61. The highest BCUT2D eigenvalue weighted by atomic mass is 35.5. The number of benzene rings is 2. The SMILES string of the molecule is C=N/C(=C\C(Cl)=N/C)Oc1ccc(N)c2ccccc12. The van der Waals surface area contributed by atoms with Gasteiger partial charge >= 0.3 is 0 Å². The molecule has 0 aliphatic heterocycles. The van der Waals surface area contributed by atoms with E-state index in [1.165, 1.54) is 6.08 Å². The summed E-state index contributed by atoms with van der Waals surface area (Å²) in [5.41, 5.74) is 6.64. The lowest BCUT2D eigenvalue weighted by Gasteiger charge is -2.10. The Morgan fingerprint density at radius 3 is 2.60 bits per heavy atom. The molecule has 102 valence electrons. The number of nitrogens with zero attached hydrogens (tertiary/aromatic N) is 2. The van der Waals surface area contributed by atoms with Crippen LogP contribution in [0.2, 0.25) is 0 Å². The van der Waals surface area contributed by atoms with Crippen LogP contribution in [0.15, 0.2) is 58.3 Å². The average Bonchev–Trinajstić information content (AvgIpc) is 2.49. The Bertz CT molecular complexity index is 707. The van der Waals surface area contributed by atoms with Crippen molar-refractivity contribution in [1.29, 1.82) is 0 Å². The van der Waals surface area contributed by atoms with Crippen LogP contribution >= 0.6 is 11.6 Å². The third kappa shape index (κ3) is 2.97. The molecule has 4 nitrogen and oxygen atoms in total. The first-order valence-electron chi connectivity index (χ1n) is 5.91. The van der Waals surface area contributed by atoms with Crippen LogP contribution in [0.25, 0.3) is 10.8 Å². The van der Waals surface area contributed by atoms with Gasteiger partial charge in [0.1, 0.15) is 10.9 Å². The molecule has 0 amide bonds. The third-order valence-corrected chi connectivity index (χ3v) is 3.02. The first-order chi connectivity index (χ1) is 9.65. The smallest absolute Gasteiger partial charge is 0.221 e. The molecule has 0 bridgehead atoms. The molecule has 0 fully saturated rings. The largest absolute Gasteiger partial charge is 0.438 e. The van der Waals surface area contributed by atoms with Crippen molar-refractivity contribution in [1.82, 2.24) is 0 Å². The number of aliphatic imine (C=N–C) groups is 2. The quantitative estimate of drug-likeness (QED) is 0.530. The Morgan fingerprint density at radius 1 is 1.25 bits per heavy atom. The van der Waals surface area contributed by atoms with Crippen molar-refractivity contribution in [3.8, 4) is 5.75 Å². The van der Waals surface area contributed by atoms with Crippen molar-refractivity contribution in [2.45, 2.75) is 0 Å². The van der Waals surface area contributed by atoms with Crippen LogP contribution < -0.4 is 10.5 Å². The van der Waals surface area contributed by atoms with E-state index in [0.717, 1.165) is 10.8 Å². The number of hydrogen-bond donors (Lipinski definition) is 1. The zero-order valence-corrected chi connectivity index (χ0v) is 11.8. The van der Waals surface area contributed by atoms with Crippen LogP contribution in [0, 0.1) is 0 Å². The van der Waals surface area contributed by atoms with Gasteiger partial charge in [-0.15, -0.1) is 0 Å². The maximum atomic E-state index is 5.94. The molecule has 0 saturated carbocycles. The Kier molecular flexibility index (Phi) is 4.38. The van der Waals surface area contributed by atoms with Crippen LogP contribution in [0.4, 0.5) is 5.69 Å². The summed E-state index contributed by atoms with van der Waals surface area (Å²) in [4.78, 5) is 7.61. The second-order valence-electron chi connectivity index (χ2n) is 3.99. The second kappa shape index (κ2) is 6.21. The summed E-state index contributed by atoms with van der Waals surface area (Å²) in [5, 5.41) is 2.10. The zero-order chi connectivity index (χ0) is 14.5. The number of nitrogens with two attached hydrogens (primary N) is 1. The zero-order valence-electron chi connectivity index (χ0n) is 11.0. The number of fused-ring (bicyclic) bond motifs is 1. The number of hydrogen-bond acceptors (Lipinski definition) is 4. The number of anilines is 1. The lowest BCUT2D eigenvalue weighted by Crippen LogP contribution is -1.97. The summed E-state index contributed by atoms with van der Waals surface area (Å²) in [7, 11) is 1.58. The Labute approximate surface area is 122 Å². The van der Waals surface area contributed by atoms with E-state index in [1.807, 2.05) is 24.3 Å². The van der Waals surface area contributed by atoms with Gasteiger partial charge in [0, 0.05) is 29.6 Å². The Morgan fingerprint density at radius 2 is 1.95 bits per heavy atom. The standard InChI is InChI=1S/C15H14ClN3O/c1-18-14(16)9-15(19-2)20-13-8-7-12(17)10-5-3-4-6-11(10)13/h3-9H,2,17H2,1H3/b15-9+,18-14+. The predicted molar refractivity (Wildman–Crippen MR) is 85.8 cm³/mol. The lowest BCUT2D eigenvalue weighted by molar-refractivity contribution is 0.428. The van der Waals surface area contributed by atoms with Gasteiger partial charge in [0.15, 0.2) is 0 Å². The molecule has 2 aromatic rings. The van der Waals surface area contributed by atoms with E-state index in [9.17, 15) is 0 Å². The molecule has 2 N–H and O–H groups in total. The van der Waals surface area contributed by atoms with E-state index >= 15 is 0 Å². The second-order valence-corrected chi connectivity index (χ2v) is 4.37. The van der Waals surface area contributed by atoms with Crippen LogP contribution in [-0.2, 0) is 0 Å². The summed E-state index contributed by atoms with van der Waals surface area (Å²) >= 11 is 5.83. The van der Waals surface area contributed by atoms with Crippen molar-refractivity contribution in [3.05, 3.63) is 48.4 Å². The molecule has 2 aromatic carbocycles. The number of allylic oxidation sites excluding steroid dienone is 1. The molecule has 5 heteroatoms. The van der Waals surface area contributed by atoms with Gasteiger partial charge in [-0.25, -0.2) is 4.99 Å². The maximum absolute atomic E-state index is 5.94. The van der Waals surface area contributed by atoms with Crippen LogP contribution in [0.3, 0.4) is 0 Å². The maximum Gasteiger partial charge on any atom is 0.221 e. The fourth-order valence-corrected chi connectivity index (χ4v) is 1.86. The fraction of sp³-hybridized carbons (Fsp3) is 0.0667. The monoisotopic (exact) mass is 287 g/mol. The summed E-state index contributed by atoms with van der Waals surface area (Å²) in [6.45, 7) is 3.46. The summed E-state index contributed by atoms with van der Waals surface area (Å²) in [6.07, 6.45) is 1.50. The summed E-state index contributed by atoms with van der Waals surface area (Å²) in [6, 6.07) is 11.3. The van der Waals surface area contributed by atoms with Crippen LogP contribution in [-0.4, -0.2) is 18.9 Å².